The normalized spacial score (nSPS) is 12.5. The largest absolute Gasteiger partial charge is 0.362 e. The Hall–Kier alpha value is -2.50. The van der Waals surface area contributed by atoms with E-state index in [1.165, 1.54) is 11.9 Å². The van der Waals surface area contributed by atoms with Crippen molar-refractivity contribution < 1.29 is 0 Å². The van der Waals surface area contributed by atoms with Crippen molar-refractivity contribution in [2.24, 2.45) is 0 Å². The van der Waals surface area contributed by atoms with Crippen LogP contribution < -0.4 is 5.32 Å². The summed E-state index contributed by atoms with van der Waals surface area (Å²) in [6, 6.07) is 10.4. The van der Waals surface area contributed by atoms with Crippen molar-refractivity contribution in [2.75, 3.05) is 5.32 Å². The average molecular weight is 268 g/mol. The first-order valence-corrected chi connectivity index (χ1v) is 6.65. The number of aromatic nitrogens is 5. The van der Waals surface area contributed by atoms with Crippen LogP contribution in [-0.2, 0) is 6.54 Å². The lowest BCUT2D eigenvalue weighted by Crippen LogP contribution is -2.08. The first kappa shape index (κ1) is 12.5. The van der Waals surface area contributed by atoms with E-state index in [9.17, 15) is 0 Å². The molecule has 0 saturated heterocycles. The molecule has 2 heterocycles. The SMILES string of the molecule is CCn1nnc2c(N[C@@H](C)c3ccccc3)ncnc21. The van der Waals surface area contributed by atoms with Crippen LogP contribution in [0.2, 0.25) is 0 Å². The molecule has 20 heavy (non-hydrogen) atoms. The van der Waals surface area contributed by atoms with Crippen LogP contribution in [0.1, 0.15) is 25.5 Å². The molecule has 0 aliphatic carbocycles. The molecule has 0 bridgehead atoms. The lowest BCUT2D eigenvalue weighted by atomic mass is 10.1. The highest BCUT2D eigenvalue weighted by Crippen LogP contribution is 2.21. The highest BCUT2D eigenvalue weighted by Gasteiger charge is 2.13. The van der Waals surface area contributed by atoms with Crippen LogP contribution in [-0.4, -0.2) is 25.0 Å². The van der Waals surface area contributed by atoms with Crippen LogP contribution in [0.15, 0.2) is 36.7 Å². The van der Waals surface area contributed by atoms with E-state index >= 15 is 0 Å². The van der Waals surface area contributed by atoms with E-state index < -0.39 is 0 Å². The van der Waals surface area contributed by atoms with Crippen LogP contribution in [0.25, 0.3) is 11.2 Å². The number of anilines is 1. The molecular weight excluding hydrogens is 252 g/mol. The summed E-state index contributed by atoms with van der Waals surface area (Å²) in [5, 5.41) is 11.6. The molecule has 0 aliphatic heterocycles. The van der Waals surface area contributed by atoms with Gasteiger partial charge in [-0.15, -0.1) is 5.10 Å². The Kier molecular flexibility index (Phi) is 3.28. The van der Waals surface area contributed by atoms with E-state index in [4.69, 9.17) is 0 Å². The maximum atomic E-state index is 4.28. The third kappa shape index (κ3) is 2.20. The predicted molar refractivity (Wildman–Crippen MR) is 77.3 cm³/mol. The summed E-state index contributed by atoms with van der Waals surface area (Å²) in [5.74, 6) is 0.714. The second-order valence-corrected chi connectivity index (χ2v) is 4.58. The predicted octanol–water partition coefficient (Wildman–Crippen LogP) is 2.41. The quantitative estimate of drug-likeness (QED) is 0.787. The number of rotatable bonds is 4. The van der Waals surface area contributed by atoms with E-state index in [1.807, 2.05) is 25.1 Å². The molecule has 0 unspecified atom stereocenters. The molecule has 1 N–H and O–H groups in total. The van der Waals surface area contributed by atoms with Crippen LogP contribution in [0.4, 0.5) is 5.82 Å². The zero-order chi connectivity index (χ0) is 13.9. The highest BCUT2D eigenvalue weighted by molar-refractivity contribution is 5.81. The van der Waals surface area contributed by atoms with Gasteiger partial charge in [-0.25, -0.2) is 14.6 Å². The molecule has 0 aliphatic rings. The van der Waals surface area contributed by atoms with Crippen LogP contribution in [0, 0.1) is 0 Å². The Labute approximate surface area is 116 Å². The molecule has 0 spiro atoms. The fraction of sp³-hybridized carbons (Fsp3) is 0.286. The molecule has 1 aromatic carbocycles. The topological polar surface area (TPSA) is 68.5 Å². The Balaban J connectivity index is 1.93. The molecule has 6 nitrogen and oxygen atoms in total. The lowest BCUT2D eigenvalue weighted by molar-refractivity contribution is 0.641. The van der Waals surface area contributed by atoms with Crippen molar-refractivity contribution in [3.8, 4) is 0 Å². The average Bonchev–Trinajstić information content (AvgIpc) is 2.92. The Morgan fingerprint density at radius 3 is 2.75 bits per heavy atom. The van der Waals surface area contributed by atoms with E-state index in [0.717, 1.165) is 12.2 Å². The molecule has 2 aromatic heterocycles. The Bertz CT molecular complexity index is 706. The van der Waals surface area contributed by atoms with Gasteiger partial charge in [-0.2, -0.15) is 0 Å². The zero-order valence-electron chi connectivity index (χ0n) is 11.5. The summed E-state index contributed by atoms with van der Waals surface area (Å²) in [6.45, 7) is 4.84. The minimum Gasteiger partial charge on any atom is -0.362 e. The molecule has 0 saturated carbocycles. The van der Waals surface area contributed by atoms with E-state index in [0.29, 0.717) is 11.3 Å². The Morgan fingerprint density at radius 1 is 1.20 bits per heavy atom. The number of nitrogens with one attached hydrogen (secondary N) is 1. The summed E-state index contributed by atoms with van der Waals surface area (Å²) in [7, 11) is 0. The number of benzene rings is 1. The molecule has 102 valence electrons. The van der Waals surface area contributed by atoms with Gasteiger partial charge in [-0.1, -0.05) is 35.5 Å². The molecule has 0 radical (unpaired) electrons. The molecule has 3 rings (SSSR count). The summed E-state index contributed by atoms with van der Waals surface area (Å²) in [6.07, 6.45) is 1.54. The summed E-state index contributed by atoms with van der Waals surface area (Å²) in [4.78, 5) is 8.52. The summed E-state index contributed by atoms with van der Waals surface area (Å²) in [5.41, 5.74) is 2.66. The second-order valence-electron chi connectivity index (χ2n) is 4.58. The fourth-order valence-electron chi connectivity index (χ4n) is 2.14. The van der Waals surface area contributed by atoms with Gasteiger partial charge in [0.2, 0.25) is 0 Å². The number of fused-ring (bicyclic) bond motifs is 1. The van der Waals surface area contributed by atoms with Gasteiger partial charge in [0.1, 0.15) is 6.33 Å². The third-order valence-electron chi connectivity index (χ3n) is 3.25. The fourth-order valence-corrected chi connectivity index (χ4v) is 2.14. The molecule has 1 atom stereocenters. The van der Waals surface area contributed by atoms with Crippen molar-refractivity contribution in [2.45, 2.75) is 26.4 Å². The van der Waals surface area contributed by atoms with Crippen molar-refractivity contribution in [3.05, 3.63) is 42.2 Å². The first-order valence-electron chi connectivity index (χ1n) is 6.65. The van der Waals surface area contributed by atoms with Gasteiger partial charge >= 0.3 is 0 Å². The van der Waals surface area contributed by atoms with Gasteiger partial charge in [0.15, 0.2) is 17.0 Å². The van der Waals surface area contributed by atoms with Crippen LogP contribution >= 0.6 is 0 Å². The molecular formula is C14H16N6. The van der Waals surface area contributed by atoms with E-state index in [1.54, 1.807) is 4.68 Å². The van der Waals surface area contributed by atoms with Crippen molar-refractivity contribution in [3.63, 3.8) is 0 Å². The number of hydrogen-bond acceptors (Lipinski definition) is 5. The molecule has 0 amide bonds. The maximum Gasteiger partial charge on any atom is 0.183 e. The number of aryl methyl sites for hydroxylation is 1. The lowest BCUT2D eigenvalue weighted by Gasteiger charge is -2.14. The van der Waals surface area contributed by atoms with Gasteiger partial charge in [0.25, 0.3) is 0 Å². The molecule has 6 heteroatoms. The third-order valence-corrected chi connectivity index (χ3v) is 3.25. The van der Waals surface area contributed by atoms with Crippen molar-refractivity contribution >= 4 is 17.0 Å². The summed E-state index contributed by atoms with van der Waals surface area (Å²) < 4.78 is 1.76. The standard InChI is InChI=1S/C14H16N6/c1-3-20-14-12(18-19-20)13(15-9-16-14)17-10(2)11-7-5-4-6-8-11/h4-10H,3H2,1-2H3,(H,15,16,17)/t10-/m0/s1. The number of hydrogen-bond donors (Lipinski definition) is 1. The van der Waals surface area contributed by atoms with Gasteiger partial charge < -0.3 is 5.32 Å². The van der Waals surface area contributed by atoms with E-state index in [2.05, 4.69) is 44.7 Å². The zero-order valence-corrected chi connectivity index (χ0v) is 11.5. The van der Waals surface area contributed by atoms with Gasteiger partial charge in [-0.3, -0.25) is 0 Å². The minimum atomic E-state index is 0.140. The van der Waals surface area contributed by atoms with E-state index in [-0.39, 0.29) is 6.04 Å². The molecule has 3 aromatic rings. The number of nitrogens with zero attached hydrogens (tertiary/aromatic N) is 5. The summed E-state index contributed by atoms with van der Waals surface area (Å²) >= 11 is 0. The van der Waals surface area contributed by atoms with Gasteiger partial charge in [0, 0.05) is 6.54 Å². The monoisotopic (exact) mass is 268 g/mol. The smallest absolute Gasteiger partial charge is 0.183 e. The van der Waals surface area contributed by atoms with Gasteiger partial charge in [0.05, 0.1) is 6.04 Å². The molecule has 0 fully saturated rings. The minimum absolute atomic E-state index is 0.140. The van der Waals surface area contributed by atoms with Gasteiger partial charge in [-0.05, 0) is 19.4 Å². The second kappa shape index (κ2) is 5.24. The Morgan fingerprint density at radius 2 is 2.00 bits per heavy atom. The van der Waals surface area contributed by atoms with Crippen LogP contribution in [0.5, 0.6) is 0 Å². The van der Waals surface area contributed by atoms with Crippen molar-refractivity contribution in [1.29, 1.82) is 0 Å². The van der Waals surface area contributed by atoms with Crippen molar-refractivity contribution in [1.82, 2.24) is 25.0 Å². The highest BCUT2D eigenvalue weighted by atomic mass is 15.4. The maximum absolute atomic E-state index is 4.28. The first-order chi connectivity index (χ1) is 9.79. The van der Waals surface area contributed by atoms with Crippen LogP contribution in [0.3, 0.4) is 0 Å².